The number of hydrogen-bond acceptors (Lipinski definition) is 0. The molecule has 0 N–H and O–H groups in total. The summed E-state index contributed by atoms with van der Waals surface area (Å²) in [6, 6.07) is 23.2. The topological polar surface area (TPSA) is 0 Å². The zero-order valence-corrected chi connectivity index (χ0v) is 20.1. The minimum atomic E-state index is -1.65. The molecule has 0 amide bonds. The van der Waals surface area contributed by atoms with Crippen LogP contribution in [0.5, 0.6) is 0 Å². The quantitative estimate of drug-likeness (QED) is 0.244. The second kappa shape index (κ2) is 10.8. The third-order valence-corrected chi connectivity index (χ3v) is 23.2. The van der Waals surface area contributed by atoms with Gasteiger partial charge in [0.15, 0.2) is 0 Å². The first-order valence-corrected chi connectivity index (χ1v) is 20.5. The van der Waals surface area contributed by atoms with E-state index in [0.29, 0.717) is 5.41 Å². The molecular weight excluding hydrogens is 430 g/mol. The Morgan fingerprint density at radius 3 is 2.00 bits per heavy atom. The van der Waals surface area contributed by atoms with Gasteiger partial charge in [-0.1, -0.05) is 32.3 Å². The Morgan fingerprint density at radius 1 is 0.958 bits per heavy atom. The smallest absolute Gasteiger partial charge is 0.0809 e. The first kappa shape index (κ1) is 21.9. The molecule has 0 spiro atoms. The molecule has 0 aliphatic rings. The first-order valence-electron chi connectivity index (χ1n) is 8.03. The Kier molecular flexibility index (Phi) is 9.82. The molecule has 0 aliphatic carbocycles. The Labute approximate surface area is 161 Å². The van der Waals surface area contributed by atoms with Gasteiger partial charge in [-0.15, -0.1) is 29.7 Å². The summed E-state index contributed by atoms with van der Waals surface area (Å²) in [5.41, 5.74) is 1.52. The summed E-state index contributed by atoms with van der Waals surface area (Å²) in [7, 11) is 11.2. The molecule has 0 bridgehead atoms. The molecule has 130 valence electrons. The van der Waals surface area contributed by atoms with Crippen molar-refractivity contribution in [2.45, 2.75) is 39.3 Å². The van der Waals surface area contributed by atoms with Gasteiger partial charge in [-0.25, -0.2) is 6.07 Å². The van der Waals surface area contributed by atoms with E-state index in [0.717, 1.165) is 0 Å². The van der Waals surface area contributed by atoms with Gasteiger partial charge < -0.3 is 0 Å². The predicted octanol–water partition coefficient (Wildman–Crippen LogP) is 7.43. The van der Waals surface area contributed by atoms with E-state index in [1.165, 1.54) is 16.3 Å². The standard InChI is InChI=1S/C9H7.C9H13.C2H6Si.2ClH.Zr/c1-2-5-9-7-3-6-8(9)4-1;1-9(2,3)8-6-4-5-7-8;1-3-2;;;/h1-7H;4-7H,1-3H3;1-2H3;2*1H;/q2*-1;;;;+2/p-2. The van der Waals surface area contributed by atoms with E-state index < -0.39 is 18.0 Å². The molecule has 0 nitrogen and oxygen atoms in total. The van der Waals surface area contributed by atoms with Crippen LogP contribution in [0.15, 0.2) is 66.7 Å². The predicted molar refractivity (Wildman–Crippen MR) is 109 cm³/mol. The van der Waals surface area contributed by atoms with Gasteiger partial charge in [-0.05, 0) is 0 Å². The van der Waals surface area contributed by atoms with Crippen LogP contribution >= 0.6 is 17.0 Å². The van der Waals surface area contributed by atoms with Crippen LogP contribution in [-0.2, 0) is 23.4 Å². The fourth-order valence-electron chi connectivity index (χ4n) is 1.94. The minimum absolute atomic E-state index is 0.224. The van der Waals surface area contributed by atoms with E-state index in [-0.39, 0.29) is 5.43 Å². The number of fused-ring (bicyclic) bond motifs is 1. The maximum Gasteiger partial charge on any atom is -0.0809 e. The number of halogens is 2. The van der Waals surface area contributed by atoms with Crippen LogP contribution in [0.2, 0.25) is 13.1 Å². The fourth-order valence-corrected chi connectivity index (χ4v) is 1.94. The van der Waals surface area contributed by atoms with Gasteiger partial charge in [0.2, 0.25) is 0 Å². The monoisotopic (exact) mass is 454 g/mol. The molecule has 0 aromatic heterocycles. The van der Waals surface area contributed by atoms with Crippen LogP contribution in [0.1, 0.15) is 26.3 Å². The Hall–Kier alpha value is -0.140. The third-order valence-electron chi connectivity index (χ3n) is 3.45. The van der Waals surface area contributed by atoms with Crippen molar-refractivity contribution in [2.24, 2.45) is 0 Å². The van der Waals surface area contributed by atoms with Crippen LogP contribution in [0, 0.1) is 0 Å². The summed E-state index contributed by atoms with van der Waals surface area (Å²) in [4.78, 5) is 0. The van der Waals surface area contributed by atoms with Crippen molar-refractivity contribution in [1.82, 2.24) is 0 Å². The number of rotatable bonds is 0. The van der Waals surface area contributed by atoms with Crippen molar-refractivity contribution in [3.05, 3.63) is 72.3 Å². The molecular formula is C20H26Cl2SiZr-2. The van der Waals surface area contributed by atoms with Crippen molar-refractivity contribution in [1.29, 1.82) is 0 Å². The second-order valence-corrected chi connectivity index (χ2v) is 29.8. The molecule has 3 aromatic rings. The molecule has 0 radical (unpaired) electrons. The molecule has 0 heterocycles. The molecule has 0 saturated heterocycles. The number of hydrogen-bond donors (Lipinski definition) is 0. The summed E-state index contributed by atoms with van der Waals surface area (Å²) in [5.74, 6) is 0. The largest absolute Gasteiger partial charge is 0.168 e. The van der Waals surface area contributed by atoms with Crippen LogP contribution < -0.4 is 0 Å². The van der Waals surface area contributed by atoms with Crippen molar-refractivity contribution < 1.29 is 18.0 Å². The second-order valence-electron chi connectivity index (χ2n) is 6.84. The molecule has 0 fully saturated rings. The molecule has 4 heteroatoms. The maximum atomic E-state index is 5.62. The average molecular weight is 457 g/mol. The average Bonchev–Trinajstić information content (AvgIpc) is 3.19. The van der Waals surface area contributed by atoms with Gasteiger partial charge in [-0.2, -0.15) is 41.3 Å². The summed E-state index contributed by atoms with van der Waals surface area (Å²) in [6.45, 7) is 11.0. The van der Waals surface area contributed by atoms with Crippen LogP contribution in [0.4, 0.5) is 0 Å². The maximum absolute atomic E-state index is 5.62. The van der Waals surface area contributed by atoms with Crippen LogP contribution in [-0.4, -0.2) is 5.43 Å². The summed E-state index contributed by atoms with van der Waals surface area (Å²) >= 11 is -1.65. The Morgan fingerprint density at radius 2 is 1.58 bits per heavy atom. The van der Waals surface area contributed by atoms with Gasteiger partial charge in [0, 0.05) is 0 Å². The summed E-state index contributed by atoms with van der Waals surface area (Å²) in [5, 5.41) is 2.66. The van der Waals surface area contributed by atoms with Crippen molar-refractivity contribution in [3.63, 3.8) is 0 Å². The zero-order chi connectivity index (χ0) is 18.2. The van der Waals surface area contributed by atoms with Crippen LogP contribution in [0.3, 0.4) is 0 Å². The van der Waals surface area contributed by atoms with Crippen LogP contribution in [0.25, 0.3) is 10.8 Å². The van der Waals surface area contributed by atoms with Crippen molar-refractivity contribution in [3.8, 4) is 0 Å². The van der Waals surface area contributed by atoms with E-state index in [4.69, 9.17) is 17.0 Å². The third kappa shape index (κ3) is 8.30. The molecule has 0 atom stereocenters. The fraction of sp³-hybridized carbons (Fsp3) is 0.300. The Balaban J connectivity index is 0.000000185. The minimum Gasteiger partial charge on any atom is -0.168 e. The van der Waals surface area contributed by atoms with E-state index in [1.54, 1.807) is 0 Å². The normalized spacial score (nSPS) is 10.3. The van der Waals surface area contributed by atoms with Crippen molar-refractivity contribution in [2.75, 3.05) is 0 Å². The molecule has 3 aromatic carbocycles. The summed E-state index contributed by atoms with van der Waals surface area (Å²) < 4.78 is 0. The van der Waals surface area contributed by atoms with E-state index >= 15 is 0 Å². The Bertz CT molecular complexity index is 701. The SMILES string of the molecule is CC(C)(C)c1cc[cH-]c1.C[Si](C)=[Zr]([Cl])[Cl].c1ccc2[cH-]ccc2c1. The zero-order valence-electron chi connectivity index (χ0n) is 15.1. The molecule has 3 rings (SSSR count). The first-order chi connectivity index (χ1) is 11.2. The number of benzene rings is 1. The molecule has 0 saturated carbocycles. The van der Waals surface area contributed by atoms with E-state index in [9.17, 15) is 0 Å². The van der Waals surface area contributed by atoms with Gasteiger partial charge >= 0.3 is 53.5 Å². The van der Waals surface area contributed by atoms with Gasteiger partial charge in [0.1, 0.15) is 0 Å². The molecule has 0 unspecified atom stereocenters. The van der Waals surface area contributed by atoms with E-state index in [2.05, 4.69) is 101 Å². The summed E-state index contributed by atoms with van der Waals surface area (Å²) in [6.07, 6.45) is 0. The van der Waals surface area contributed by atoms with Gasteiger partial charge in [0.05, 0.1) is 0 Å². The van der Waals surface area contributed by atoms with E-state index in [1.807, 2.05) is 0 Å². The molecule has 24 heavy (non-hydrogen) atoms. The van der Waals surface area contributed by atoms with Crippen molar-refractivity contribution >= 4 is 33.2 Å². The van der Waals surface area contributed by atoms with Gasteiger partial charge in [0.25, 0.3) is 0 Å². The van der Waals surface area contributed by atoms with Gasteiger partial charge in [-0.3, -0.25) is 0 Å². The molecule has 0 aliphatic heterocycles.